The molecular formula is C17H21NO2. The summed E-state index contributed by atoms with van der Waals surface area (Å²) in [5.74, 6) is 0.228. The van der Waals surface area contributed by atoms with Crippen molar-refractivity contribution in [1.29, 1.82) is 0 Å². The molecule has 0 spiro atoms. The molecule has 3 nitrogen and oxygen atoms in total. The van der Waals surface area contributed by atoms with Gasteiger partial charge in [-0.25, -0.2) is 9.79 Å². The SMILES string of the molecule is CCCCCCCC1=N/C(=C\c2ccccc2)C(=O)O1. The van der Waals surface area contributed by atoms with Gasteiger partial charge in [0.15, 0.2) is 11.6 Å². The summed E-state index contributed by atoms with van der Waals surface area (Å²) in [6, 6.07) is 9.70. The number of unbranched alkanes of at least 4 members (excludes halogenated alkanes) is 4. The molecular weight excluding hydrogens is 250 g/mol. The Kier molecular flexibility index (Phi) is 5.54. The maximum Gasteiger partial charge on any atom is 0.363 e. The van der Waals surface area contributed by atoms with Crippen LogP contribution in [0.4, 0.5) is 0 Å². The maximum atomic E-state index is 11.7. The Morgan fingerprint density at radius 1 is 1.10 bits per heavy atom. The van der Waals surface area contributed by atoms with Gasteiger partial charge in [0.25, 0.3) is 0 Å². The van der Waals surface area contributed by atoms with Crippen molar-refractivity contribution in [1.82, 2.24) is 0 Å². The number of esters is 1. The number of carbonyl (C=O) groups excluding carboxylic acids is 1. The van der Waals surface area contributed by atoms with Gasteiger partial charge in [0.1, 0.15) is 0 Å². The molecule has 20 heavy (non-hydrogen) atoms. The molecule has 1 aromatic rings. The zero-order valence-corrected chi connectivity index (χ0v) is 12.0. The molecule has 2 rings (SSSR count). The van der Waals surface area contributed by atoms with Crippen LogP contribution in [0.3, 0.4) is 0 Å². The van der Waals surface area contributed by atoms with E-state index in [0.717, 1.165) is 18.4 Å². The fourth-order valence-electron chi connectivity index (χ4n) is 2.15. The molecule has 0 saturated heterocycles. The number of carbonyl (C=O) groups is 1. The van der Waals surface area contributed by atoms with Crippen LogP contribution in [0.15, 0.2) is 41.0 Å². The lowest BCUT2D eigenvalue weighted by atomic mass is 10.1. The highest BCUT2D eigenvalue weighted by Crippen LogP contribution is 2.18. The number of nitrogens with zero attached hydrogens (tertiary/aromatic N) is 1. The van der Waals surface area contributed by atoms with E-state index < -0.39 is 0 Å². The van der Waals surface area contributed by atoms with Crippen molar-refractivity contribution in [2.24, 2.45) is 4.99 Å². The molecule has 0 bridgehead atoms. The topological polar surface area (TPSA) is 38.7 Å². The molecule has 0 unspecified atom stereocenters. The zero-order chi connectivity index (χ0) is 14.2. The average molecular weight is 271 g/mol. The van der Waals surface area contributed by atoms with Crippen molar-refractivity contribution in [2.45, 2.75) is 45.4 Å². The molecule has 1 aliphatic rings. The average Bonchev–Trinajstić information content (AvgIpc) is 2.80. The van der Waals surface area contributed by atoms with E-state index in [1.807, 2.05) is 30.3 Å². The highest BCUT2D eigenvalue weighted by Gasteiger charge is 2.22. The molecule has 0 saturated carbocycles. The van der Waals surface area contributed by atoms with Crippen molar-refractivity contribution in [3.63, 3.8) is 0 Å². The van der Waals surface area contributed by atoms with E-state index >= 15 is 0 Å². The molecule has 0 aliphatic carbocycles. The fourth-order valence-corrected chi connectivity index (χ4v) is 2.15. The lowest BCUT2D eigenvalue weighted by Gasteiger charge is -1.99. The third-order valence-corrected chi connectivity index (χ3v) is 3.26. The summed E-state index contributed by atoms with van der Waals surface area (Å²) in [5.41, 5.74) is 1.37. The maximum absolute atomic E-state index is 11.7. The Labute approximate surface area is 120 Å². The van der Waals surface area contributed by atoms with Crippen molar-refractivity contribution in [3.8, 4) is 0 Å². The summed E-state index contributed by atoms with van der Waals surface area (Å²) in [7, 11) is 0. The first-order valence-electron chi connectivity index (χ1n) is 7.36. The van der Waals surface area contributed by atoms with Crippen molar-refractivity contribution < 1.29 is 9.53 Å². The molecule has 0 atom stereocenters. The van der Waals surface area contributed by atoms with Crippen LogP contribution in [0.5, 0.6) is 0 Å². The van der Waals surface area contributed by atoms with E-state index in [0.29, 0.717) is 11.6 Å². The van der Waals surface area contributed by atoms with Gasteiger partial charge in [0.2, 0.25) is 0 Å². The Morgan fingerprint density at radius 3 is 2.60 bits per heavy atom. The first kappa shape index (κ1) is 14.5. The van der Waals surface area contributed by atoms with Crippen LogP contribution in [0.2, 0.25) is 0 Å². The molecule has 1 aromatic carbocycles. The van der Waals surface area contributed by atoms with Crippen LogP contribution in [-0.2, 0) is 9.53 Å². The number of hydrogen-bond donors (Lipinski definition) is 0. The summed E-state index contributed by atoms with van der Waals surface area (Å²) in [5, 5.41) is 0. The number of aliphatic imine (C=N–C) groups is 1. The summed E-state index contributed by atoms with van der Waals surface area (Å²) in [6.45, 7) is 2.20. The van der Waals surface area contributed by atoms with Crippen LogP contribution in [0.25, 0.3) is 6.08 Å². The van der Waals surface area contributed by atoms with Gasteiger partial charge in [0, 0.05) is 6.42 Å². The van der Waals surface area contributed by atoms with E-state index in [9.17, 15) is 4.79 Å². The van der Waals surface area contributed by atoms with Crippen LogP contribution in [0, 0.1) is 0 Å². The molecule has 3 heteroatoms. The molecule has 0 fully saturated rings. The fraction of sp³-hybridized carbons (Fsp3) is 0.412. The first-order chi connectivity index (χ1) is 9.79. The zero-order valence-electron chi connectivity index (χ0n) is 12.0. The minimum Gasteiger partial charge on any atom is -0.407 e. The second-order valence-corrected chi connectivity index (χ2v) is 5.00. The minimum absolute atomic E-state index is 0.336. The molecule has 0 N–H and O–H groups in total. The predicted octanol–water partition coefficient (Wildman–Crippen LogP) is 4.34. The van der Waals surface area contributed by atoms with Crippen LogP contribution < -0.4 is 0 Å². The third kappa shape index (κ3) is 4.34. The lowest BCUT2D eigenvalue weighted by molar-refractivity contribution is -0.130. The Bertz CT molecular complexity index is 503. The Hall–Kier alpha value is -1.90. The number of cyclic esters (lactones) is 1. The van der Waals surface area contributed by atoms with Gasteiger partial charge in [0.05, 0.1) is 0 Å². The van der Waals surface area contributed by atoms with E-state index in [4.69, 9.17) is 4.74 Å². The van der Waals surface area contributed by atoms with Crippen molar-refractivity contribution >= 4 is 17.9 Å². The van der Waals surface area contributed by atoms with Gasteiger partial charge in [-0.1, -0.05) is 62.9 Å². The van der Waals surface area contributed by atoms with Gasteiger partial charge in [-0.05, 0) is 18.1 Å². The van der Waals surface area contributed by atoms with Gasteiger partial charge in [-0.15, -0.1) is 0 Å². The third-order valence-electron chi connectivity index (χ3n) is 3.26. The Balaban J connectivity index is 1.89. The lowest BCUT2D eigenvalue weighted by Crippen LogP contribution is -2.03. The van der Waals surface area contributed by atoms with Crippen molar-refractivity contribution in [2.75, 3.05) is 0 Å². The predicted molar refractivity (Wildman–Crippen MR) is 81.3 cm³/mol. The van der Waals surface area contributed by atoms with Crippen LogP contribution >= 0.6 is 0 Å². The Morgan fingerprint density at radius 2 is 1.85 bits per heavy atom. The molecule has 0 aromatic heterocycles. The number of rotatable bonds is 7. The van der Waals surface area contributed by atoms with Crippen molar-refractivity contribution in [3.05, 3.63) is 41.6 Å². The van der Waals surface area contributed by atoms with E-state index in [2.05, 4.69) is 11.9 Å². The number of ether oxygens (including phenoxy) is 1. The largest absolute Gasteiger partial charge is 0.407 e. The minimum atomic E-state index is -0.336. The monoisotopic (exact) mass is 271 g/mol. The molecule has 1 aliphatic heterocycles. The second kappa shape index (κ2) is 7.63. The van der Waals surface area contributed by atoms with E-state index in [-0.39, 0.29) is 5.97 Å². The standard InChI is InChI=1S/C17H21NO2/c1-2-3-4-5-9-12-16-18-15(17(19)20-16)13-14-10-7-6-8-11-14/h6-8,10-11,13H,2-5,9,12H2,1H3/b15-13-. The quantitative estimate of drug-likeness (QED) is 0.420. The van der Waals surface area contributed by atoms with Crippen LogP contribution in [0.1, 0.15) is 51.0 Å². The van der Waals surface area contributed by atoms with Gasteiger partial charge in [-0.3, -0.25) is 0 Å². The van der Waals surface area contributed by atoms with Gasteiger partial charge < -0.3 is 4.74 Å². The molecule has 1 heterocycles. The van der Waals surface area contributed by atoms with E-state index in [1.54, 1.807) is 6.08 Å². The summed E-state index contributed by atoms with van der Waals surface area (Å²) in [6.07, 6.45) is 8.47. The van der Waals surface area contributed by atoms with Crippen LogP contribution in [-0.4, -0.2) is 11.9 Å². The first-order valence-corrected chi connectivity index (χ1v) is 7.36. The molecule has 106 valence electrons. The van der Waals surface area contributed by atoms with Gasteiger partial charge >= 0.3 is 5.97 Å². The van der Waals surface area contributed by atoms with E-state index in [1.165, 1.54) is 25.7 Å². The highest BCUT2D eigenvalue weighted by atomic mass is 16.6. The molecule has 0 radical (unpaired) electrons. The summed E-state index contributed by atoms with van der Waals surface area (Å²) in [4.78, 5) is 16.0. The second-order valence-electron chi connectivity index (χ2n) is 5.00. The number of hydrogen-bond acceptors (Lipinski definition) is 3. The summed E-state index contributed by atoms with van der Waals surface area (Å²) >= 11 is 0. The summed E-state index contributed by atoms with van der Waals surface area (Å²) < 4.78 is 5.20. The highest BCUT2D eigenvalue weighted by molar-refractivity contribution is 6.07. The van der Waals surface area contributed by atoms with Gasteiger partial charge in [-0.2, -0.15) is 0 Å². The smallest absolute Gasteiger partial charge is 0.363 e. The number of benzene rings is 1. The normalized spacial score (nSPS) is 16.4. The molecule has 0 amide bonds.